The highest BCUT2D eigenvalue weighted by Crippen LogP contribution is 2.42. The largest absolute Gasteiger partial charge is 0.339 e. The van der Waals surface area contributed by atoms with Crippen LogP contribution < -0.4 is 5.32 Å². The summed E-state index contributed by atoms with van der Waals surface area (Å²) in [5.41, 5.74) is 10.2. The second-order valence-corrected chi connectivity index (χ2v) is 14.1. The fraction of sp³-hybridized carbons (Fsp3) is 0.459. The van der Waals surface area contributed by atoms with Crippen LogP contribution in [-0.4, -0.2) is 60.5 Å². The normalized spacial score (nSPS) is 18.8. The van der Waals surface area contributed by atoms with E-state index in [1.54, 1.807) is 0 Å². The second-order valence-electron chi connectivity index (χ2n) is 14.1. The topological polar surface area (TPSA) is 91.7 Å². The number of pyridine rings is 2. The maximum absolute atomic E-state index is 14.0. The summed E-state index contributed by atoms with van der Waals surface area (Å²) in [7, 11) is 1.97. The van der Waals surface area contributed by atoms with Crippen molar-refractivity contribution in [3.63, 3.8) is 0 Å². The maximum atomic E-state index is 14.0. The molecule has 6 heterocycles. The molecule has 0 aliphatic carbocycles. The van der Waals surface area contributed by atoms with Gasteiger partial charge in [-0.05, 0) is 119 Å². The Balaban J connectivity index is 1.18. The number of H-pyrrole nitrogens is 1. The van der Waals surface area contributed by atoms with E-state index in [1.165, 1.54) is 27.8 Å². The third-order valence-corrected chi connectivity index (χ3v) is 10.3. The number of imidazole rings is 1. The first-order valence-electron chi connectivity index (χ1n) is 16.5. The standard InChI is InChI=1S/C37H45N7O/c1-22-13-23(2)15-26(14-22)33-32(24(3)18-38-12-11-25-16-31-35(40-19-25)43(6)21-41-31)30-17-27(20-39-34(30)42-33)37(4,5)36(45)44-28-7-8-29(44)10-9-28/h13-17,19-21,24,28-29,38H,7-12,18H2,1-6H3,(H,39,42)/t24-,28?,29?/m1/s1. The molecule has 8 nitrogen and oxygen atoms in total. The smallest absolute Gasteiger partial charge is 0.233 e. The molecule has 45 heavy (non-hydrogen) atoms. The second kappa shape index (κ2) is 11.4. The van der Waals surface area contributed by atoms with Crippen molar-refractivity contribution in [2.24, 2.45) is 7.05 Å². The molecule has 1 aromatic carbocycles. The zero-order valence-corrected chi connectivity index (χ0v) is 27.4. The monoisotopic (exact) mass is 603 g/mol. The number of aromatic amines is 1. The van der Waals surface area contributed by atoms with Gasteiger partial charge in [-0.25, -0.2) is 15.0 Å². The number of benzene rings is 1. The van der Waals surface area contributed by atoms with Gasteiger partial charge in [0.2, 0.25) is 5.91 Å². The number of hydrogen-bond acceptors (Lipinski definition) is 5. The molecule has 2 aliphatic heterocycles. The van der Waals surface area contributed by atoms with Gasteiger partial charge >= 0.3 is 0 Å². The molecule has 2 aliphatic rings. The Hall–Kier alpha value is -4.04. The van der Waals surface area contributed by atoms with Crippen molar-refractivity contribution >= 4 is 28.1 Å². The Morgan fingerprint density at radius 3 is 2.42 bits per heavy atom. The van der Waals surface area contributed by atoms with Gasteiger partial charge in [0.15, 0.2) is 5.65 Å². The van der Waals surface area contributed by atoms with Crippen molar-refractivity contribution in [3.05, 3.63) is 76.9 Å². The number of fused-ring (bicyclic) bond motifs is 4. The highest BCUT2D eigenvalue weighted by molar-refractivity contribution is 5.93. The van der Waals surface area contributed by atoms with E-state index in [-0.39, 0.29) is 11.8 Å². The van der Waals surface area contributed by atoms with Gasteiger partial charge < -0.3 is 19.8 Å². The Labute approximate surface area is 265 Å². The van der Waals surface area contributed by atoms with Crippen molar-refractivity contribution in [1.29, 1.82) is 0 Å². The summed E-state index contributed by atoms with van der Waals surface area (Å²) in [6.45, 7) is 12.4. The van der Waals surface area contributed by atoms with Crippen LogP contribution >= 0.6 is 0 Å². The number of carbonyl (C=O) groups is 1. The quantitative estimate of drug-likeness (QED) is 0.188. The zero-order valence-electron chi connectivity index (χ0n) is 27.4. The number of carbonyl (C=O) groups excluding carboxylic acids is 1. The molecule has 2 saturated heterocycles. The number of aryl methyl sites for hydroxylation is 3. The first kappa shape index (κ1) is 29.7. The Kier molecular flexibility index (Phi) is 7.51. The number of aromatic nitrogens is 5. The molecule has 4 aromatic heterocycles. The summed E-state index contributed by atoms with van der Waals surface area (Å²) in [5.74, 6) is 0.449. The minimum atomic E-state index is -0.648. The van der Waals surface area contributed by atoms with E-state index < -0.39 is 5.41 Å². The minimum absolute atomic E-state index is 0.205. The lowest BCUT2D eigenvalue weighted by molar-refractivity contribution is -0.137. The van der Waals surface area contributed by atoms with Gasteiger partial charge in [0, 0.05) is 43.5 Å². The third kappa shape index (κ3) is 5.33. The Morgan fingerprint density at radius 2 is 1.71 bits per heavy atom. The van der Waals surface area contributed by atoms with Gasteiger partial charge in [-0.1, -0.05) is 24.1 Å². The molecule has 0 unspecified atom stereocenters. The van der Waals surface area contributed by atoms with Crippen LogP contribution in [0, 0.1) is 13.8 Å². The fourth-order valence-electron chi connectivity index (χ4n) is 7.83. The van der Waals surface area contributed by atoms with E-state index in [2.05, 4.69) is 90.1 Å². The molecule has 2 bridgehead atoms. The summed E-state index contributed by atoms with van der Waals surface area (Å²) in [6, 6.07) is 11.9. The lowest BCUT2D eigenvalue weighted by atomic mass is 9.82. The first-order chi connectivity index (χ1) is 21.6. The molecule has 8 heteroatoms. The van der Waals surface area contributed by atoms with E-state index >= 15 is 0 Å². The van der Waals surface area contributed by atoms with Crippen LogP contribution in [0.1, 0.15) is 80.2 Å². The predicted molar refractivity (Wildman–Crippen MR) is 180 cm³/mol. The van der Waals surface area contributed by atoms with Crippen LogP contribution in [0.5, 0.6) is 0 Å². The average Bonchev–Trinajstić information content (AvgIpc) is 3.80. The van der Waals surface area contributed by atoms with Crippen LogP contribution in [0.4, 0.5) is 0 Å². The van der Waals surface area contributed by atoms with Gasteiger partial charge in [-0.3, -0.25) is 4.79 Å². The molecule has 1 amide bonds. The summed E-state index contributed by atoms with van der Waals surface area (Å²) in [4.78, 5) is 33.9. The molecular weight excluding hydrogens is 558 g/mol. The van der Waals surface area contributed by atoms with E-state index in [9.17, 15) is 4.79 Å². The molecule has 0 radical (unpaired) electrons. The van der Waals surface area contributed by atoms with Crippen molar-refractivity contribution in [1.82, 2.24) is 34.7 Å². The van der Waals surface area contributed by atoms with E-state index in [0.717, 1.165) is 78.6 Å². The van der Waals surface area contributed by atoms with Crippen LogP contribution in [0.3, 0.4) is 0 Å². The SMILES string of the molecule is Cc1cc(C)cc(-c2[nH]c3ncc(C(C)(C)C(=O)N4C5CCC4CC5)cc3c2[C@H](C)CNCCc2cnc3c(c2)ncn3C)c1. The molecule has 5 aromatic rings. The molecule has 234 valence electrons. The van der Waals surface area contributed by atoms with Gasteiger partial charge in [-0.15, -0.1) is 0 Å². The number of nitrogens with one attached hydrogen (secondary N) is 2. The number of nitrogens with zero attached hydrogens (tertiary/aromatic N) is 5. The maximum Gasteiger partial charge on any atom is 0.233 e. The summed E-state index contributed by atoms with van der Waals surface area (Å²) < 4.78 is 1.95. The van der Waals surface area contributed by atoms with Gasteiger partial charge in [0.25, 0.3) is 0 Å². The van der Waals surface area contributed by atoms with Gasteiger partial charge in [0.1, 0.15) is 11.2 Å². The van der Waals surface area contributed by atoms with E-state index in [1.807, 2.05) is 30.3 Å². The number of rotatable bonds is 9. The summed E-state index contributed by atoms with van der Waals surface area (Å²) >= 11 is 0. The van der Waals surface area contributed by atoms with Crippen molar-refractivity contribution in [2.75, 3.05) is 13.1 Å². The van der Waals surface area contributed by atoms with Crippen LogP contribution in [-0.2, 0) is 23.7 Å². The van der Waals surface area contributed by atoms with E-state index in [0.29, 0.717) is 12.1 Å². The van der Waals surface area contributed by atoms with Crippen molar-refractivity contribution in [3.8, 4) is 11.3 Å². The van der Waals surface area contributed by atoms with Gasteiger partial charge in [-0.2, -0.15) is 0 Å². The molecule has 2 N–H and O–H groups in total. The third-order valence-electron chi connectivity index (χ3n) is 10.3. The molecule has 7 rings (SSSR count). The fourth-order valence-corrected chi connectivity index (χ4v) is 7.83. The van der Waals surface area contributed by atoms with Crippen molar-refractivity contribution in [2.45, 2.75) is 90.1 Å². The number of amides is 1. The minimum Gasteiger partial charge on any atom is -0.339 e. The first-order valence-corrected chi connectivity index (χ1v) is 16.5. The molecular formula is C37H45N7O. The van der Waals surface area contributed by atoms with Gasteiger partial charge in [0.05, 0.1) is 17.4 Å². The lowest BCUT2D eigenvalue weighted by Gasteiger charge is -2.32. The van der Waals surface area contributed by atoms with E-state index in [4.69, 9.17) is 4.98 Å². The summed E-state index contributed by atoms with van der Waals surface area (Å²) in [6.07, 6.45) is 11.1. The molecule has 1 atom stereocenters. The molecule has 0 spiro atoms. The average molecular weight is 604 g/mol. The summed E-state index contributed by atoms with van der Waals surface area (Å²) in [5, 5.41) is 4.81. The highest BCUT2D eigenvalue weighted by Gasteiger charge is 2.47. The number of hydrogen-bond donors (Lipinski definition) is 2. The molecule has 0 saturated carbocycles. The predicted octanol–water partition coefficient (Wildman–Crippen LogP) is 6.50. The van der Waals surface area contributed by atoms with Crippen LogP contribution in [0.25, 0.3) is 33.5 Å². The Morgan fingerprint density at radius 1 is 1.00 bits per heavy atom. The van der Waals surface area contributed by atoms with Crippen LogP contribution in [0.15, 0.2) is 49.1 Å². The molecule has 2 fully saturated rings. The van der Waals surface area contributed by atoms with Crippen molar-refractivity contribution < 1.29 is 4.79 Å². The highest BCUT2D eigenvalue weighted by atomic mass is 16.2. The zero-order chi connectivity index (χ0) is 31.5. The Bertz CT molecular complexity index is 1860. The van der Waals surface area contributed by atoms with Crippen LogP contribution in [0.2, 0.25) is 0 Å². The lowest BCUT2D eigenvalue weighted by Crippen LogP contribution is -2.46.